The summed E-state index contributed by atoms with van der Waals surface area (Å²) in [5.41, 5.74) is 0.969. The van der Waals surface area contributed by atoms with E-state index in [1.54, 1.807) is 0 Å². The predicted octanol–water partition coefficient (Wildman–Crippen LogP) is 9.02. The smallest absolute Gasteiger partial charge is 0.330 e. The van der Waals surface area contributed by atoms with Gasteiger partial charge < -0.3 is 4.74 Å². The van der Waals surface area contributed by atoms with Crippen molar-refractivity contribution in [3.8, 4) is 0 Å². The van der Waals surface area contributed by atoms with Crippen LogP contribution in [0, 0.1) is 0 Å². The second-order valence-corrected chi connectivity index (χ2v) is 16.8. The zero-order valence-electron chi connectivity index (χ0n) is 21.1. The van der Waals surface area contributed by atoms with Crippen LogP contribution >= 0.6 is 94.1 Å². The van der Waals surface area contributed by atoms with Crippen LogP contribution < -0.4 is 10.4 Å². The number of ether oxygens (including phenoxy) is 1. The average molecular weight is 649 g/mol. The van der Waals surface area contributed by atoms with Gasteiger partial charge in [0.25, 0.3) is 0 Å². The lowest BCUT2D eigenvalue weighted by Gasteiger charge is -2.13. The monoisotopic (exact) mass is 648 g/mol. The lowest BCUT2D eigenvalue weighted by atomic mass is 9.97. The summed E-state index contributed by atoms with van der Waals surface area (Å²) in [5, 5.41) is 7.50. The Labute approximate surface area is 257 Å². The van der Waals surface area contributed by atoms with Crippen LogP contribution in [0.5, 0.6) is 0 Å². The molecule has 0 N–H and O–H groups in total. The molecule has 0 fully saturated rings. The molecule has 0 aromatic heterocycles. The number of hydrogen-bond donors (Lipinski definition) is 0. The van der Waals surface area contributed by atoms with Gasteiger partial charge in [0.15, 0.2) is 0 Å². The number of fused-ring (bicyclic) bond motifs is 2. The first kappa shape index (κ1) is 28.9. The second-order valence-electron chi connectivity index (χ2n) is 7.94. The molecule has 10 heteroatoms. The van der Waals surface area contributed by atoms with Crippen LogP contribution in [0.2, 0.25) is 0 Å². The van der Waals surface area contributed by atoms with Gasteiger partial charge in [-0.3, -0.25) is 0 Å². The number of thioether (sulfide) groups is 8. The minimum atomic E-state index is -0.409. The van der Waals surface area contributed by atoms with Crippen molar-refractivity contribution < 1.29 is 9.53 Å². The van der Waals surface area contributed by atoms with Crippen LogP contribution in [-0.2, 0) is 16.1 Å². The molecule has 2 aliphatic rings. The van der Waals surface area contributed by atoms with E-state index in [0.717, 1.165) is 5.56 Å². The molecule has 0 bridgehead atoms. The largest absolute Gasteiger partial charge is 0.458 e. The van der Waals surface area contributed by atoms with E-state index in [-0.39, 0.29) is 6.61 Å². The standard InChI is InChI=1S/C28H24O2S8/c1-6-20(29)30-14-15-11-12-18-19(13-15)22(24-37-27(33-4)28(34-5)38-24)17-10-8-7-9-16(17)21(18)23-35-25(31-2)26(32-3)36-23/h6-13H,1,14H2,2-5H3. The van der Waals surface area contributed by atoms with Crippen molar-refractivity contribution in [2.24, 2.45) is 0 Å². The third-order valence-electron chi connectivity index (χ3n) is 5.86. The number of esters is 1. The third-order valence-corrected chi connectivity index (χ3v) is 16.3. The van der Waals surface area contributed by atoms with E-state index in [1.807, 2.05) is 94.1 Å². The van der Waals surface area contributed by atoms with Gasteiger partial charge in [-0.25, -0.2) is 4.79 Å². The van der Waals surface area contributed by atoms with E-state index in [9.17, 15) is 4.79 Å². The van der Waals surface area contributed by atoms with Gasteiger partial charge in [-0.2, -0.15) is 0 Å². The molecule has 0 unspecified atom stereocenters. The highest BCUT2D eigenvalue weighted by molar-refractivity contribution is 8.46. The fourth-order valence-electron chi connectivity index (χ4n) is 4.22. The first-order chi connectivity index (χ1) is 18.5. The number of rotatable bonds is 7. The zero-order chi connectivity index (χ0) is 26.8. The Balaban J connectivity index is 1.86. The molecule has 0 amide bonds. The van der Waals surface area contributed by atoms with Gasteiger partial charge in [0.2, 0.25) is 0 Å². The van der Waals surface area contributed by atoms with E-state index in [1.165, 1.54) is 63.5 Å². The summed E-state index contributed by atoms with van der Waals surface area (Å²) in [6, 6.07) is 15.3. The number of carbonyl (C=O) groups is 1. The zero-order valence-corrected chi connectivity index (χ0v) is 27.6. The van der Waals surface area contributed by atoms with Crippen LogP contribution in [0.4, 0.5) is 0 Å². The molecule has 3 aromatic rings. The quantitative estimate of drug-likeness (QED) is 0.140. The highest BCUT2D eigenvalue weighted by Gasteiger charge is 2.25. The van der Waals surface area contributed by atoms with Gasteiger partial charge in [0.1, 0.15) is 6.61 Å². The highest BCUT2D eigenvalue weighted by Crippen LogP contribution is 2.58. The molecule has 38 heavy (non-hydrogen) atoms. The maximum absolute atomic E-state index is 11.8. The Morgan fingerprint density at radius 3 is 1.63 bits per heavy atom. The summed E-state index contributed by atoms with van der Waals surface area (Å²) in [6.07, 6.45) is 9.83. The molecule has 0 saturated carbocycles. The van der Waals surface area contributed by atoms with Gasteiger partial charge >= 0.3 is 5.97 Å². The number of carbonyl (C=O) groups excluding carboxylic acids is 1. The first-order valence-electron chi connectivity index (χ1n) is 11.4. The Morgan fingerprint density at radius 1 is 0.737 bits per heavy atom. The van der Waals surface area contributed by atoms with Crippen LogP contribution in [0.25, 0.3) is 30.0 Å². The average Bonchev–Trinajstić information content (AvgIpc) is 3.57. The maximum atomic E-state index is 11.8. The molecule has 196 valence electrons. The molecule has 2 heterocycles. The minimum Gasteiger partial charge on any atom is -0.458 e. The van der Waals surface area contributed by atoms with Gasteiger partial charge in [0.05, 0.1) is 25.4 Å². The van der Waals surface area contributed by atoms with Crippen molar-refractivity contribution in [2.45, 2.75) is 6.61 Å². The molecule has 0 radical (unpaired) electrons. The van der Waals surface area contributed by atoms with Crippen molar-refractivity contribution >= 4 is 130 Å². The Morgan fingerprint density at radius 2 is 1.18 bits per heavy atom. The van der Waals surface area contributed by atoms with Gasteiger partial charge in [-0.05, 0) is 58.2 Å². The topological polar surface area (TPSA) is 26.3 Å². The molecule has 0 spiro atoms. The molecular weight excluding hydrogens is 625 g/mol. The van der Waals surface area contributed by atoms with Crippen LogP contribution in [-0.4, -0.2) is 31.0 Å². The normalized spacial score (nSPS) is 15.9. The van der Waals surface area contributed by atoms with Crippen molar-refractivity contribution in [2.75, 3.05) is 25.0 Å². The Kier molecular flexibility index (Phi) is 9.84. The summed E-state index contributed by atoms with van der Waals surface area (Å²) >= 11 is 14.8. The van der Waals surface area contributed by atoms with E-state index in [2.05, 4.69) is 74.1 Å². The summed E-state index contributed by atoms with van der Waals surface area (Å²) in [5.74, 6) is -0.409. The molecule has 2 nitrogen and oxygen atoms in total. The summed E-state index contributed by atoms with van der Waals surface area (Å²) in [7, 11) is 0. The summed E-state index contributed by atoms with van der Waals surface area (Å²) in [6.45, 7) is 3.75. The van der Waals surface area contributed by atoms with Crippen molar-refractivity contribution in [3.05, 3.63) is 88.1 Å². The SMILES string of the molecule is C=CC(=O)OCc1ccc2c(=C3SC(SC)=C(SC)S3)c3ccccc3c(=C3SC(SC)=C(SC)S3)c2c1. The van der Waals surface area contributed by atoms with Gasteiger partial charge in [-0.15, -0.1) is 47.0 Å². The Hall–Kier alpha value is -0.590. The van der Waals surface area contributed by atoms with Gasteiger partial charge in [0, 0.05) is 16.5 Å². The van der Waals surface area contributed by atoms with Crippen molar-refractivity contribution in [1.82, 2.24) is 0 Å². The predicted molar refractivity (Wildman–Crippen MR) is 186 cm³/mol. The fourth-order valence-corrected chi connectivity index (χ4v) is 14.5. The molecule has 2 aliphatic heterocycles. The first-order valence-corrected chi connectivity index (χ1v) is 19.6. The summed E-state index contributed by atoms with van der Waals surface area (Å²) < 4.78 is 13.5. The molecule has 0 aliphatic carbocycles. The highest BCUT2D eigenvalue weighted by atomic mass is 32.3. The van der Waals surface area contributed by atoms with Crippen LogP contribution in [0.15, 0.2) is 72.1 Å². The lowest BCUT2D eigenvalue weighted by Crippen LogP contribution is -2.17. The van der Waals surface area contributed by atoms with Crippen LogP contribution in [0.3, 0.4) is 0 Å². The third kappa shape index (κ3) is 5.62. The minimum absolute atomic E-state index is 0.220. The van der Waals surface area contributed by atoms with Crippen molar-refractivity contribution in [1.29, 1.82) is 0 Å². The van der Waals surface area contributed by atoms with E-state index >= 15 is 0 Å². The summed E-state index contributed by atoms with van der Waals surface area (Å²) in [4.78, 5) is 11.8. The molecular formula is C28H24O2S8. The van der Waals surface area contributed by atoms with Crippen LogP contribution in [0.1, 0.15) is 5.56 Å². The fraction of sp³-hybridized carbons (Fsp3) is 0.179. The second kappa shape index (κ2) is 12.9. The molecule has 5 rings (SSSR count). The van der Waals surface area contributed by atoms with E-state index in [0.29, 0.717) is 0 Å². The molecule has 0 saturated heterocycles. The maximum Gasteiger partial charge on any atom is 0.330 e. The van der Waals surface area contributed by atoms with Gasteiger partial charge in [-0.1, -0.05) is 90.0 Å². The lowest BCUT2D eigenvalue weighted by molar-refractivity contribution is -0.138. The van der Waals surface area contributed by atoms with E-state index in [4.69, 9.17) is 4.74 Å². The number of benzene rings is 3. The Bertz CT molecular complexity index is 1620. The molecule has 3 aromatic carbocycles. The number of hydrogen-bond acceptors (Lipinski definition) is 10. The van der Waals surface area contributed by atoms with Crippen molar-refractivity contribution in [3.63, 3.8) is 0 Å². The molecule has 0 atom stereocenters. The van der Waals surface area contributed by atoms with E-state index < -0.39 is 5.97 Å².